The van der Waals surface area contributed by atoms with Crippen LogP contribution in [-0.2, 0) is 0 Å². The maximum Gasteiger partial charge on any atom is 0.317 e. The van der Waals surface area contributed by atoms with Crippen molar-refractivity contribution < 1.29 is 4.79 Å². The van der Waals surface area contributed by atoms with Gasteiger partial charge in [-0.2, -0.15) is 0 Å². The summed E-state index contributed by atoms with van der Waals surface area (Å²) in [7, 11) is 0. The number of nitrogens with one attached hydrogen (secondary N) is 2. The van der Waals surface area contributed by atoms with Crippen molar-refractivity contribution in [3.8, 4) is 0 Å². The molecule has 4 heteroatoms. The zero-order valence-electron chi connectivity index (χ0n) is 8.75. The highest BCUT2D eigenvalue weighted by atomic mass is 16.2. The molecule has 0 aromatic rings. The molecule has 0 saturated carbocycles. The molecule has 2 unspecified atom stereocenters. The van der Waals surface area contributed by atoms with Gasteiger partial charge >= 0.3 is 6.03 Å². The van der Waals surface area contributed by atoms with Crippen LogP contribution in [0.25, 0.3) is 0 Å². The minimum atomic E-state index is 0.108. The van der Waals surface area contributed by atoms with Crippen molar-refractivity contribution >= 4 is 6.03 Å². The third-order valence-corrected chi connectivity index (χ3v) is 3.02. The van der Waals surface area contributed by atoms with Crippen LogP contribution in [0.3, 0.4) is 0 Å². The largest absolute Gasteiger partial charge is 0.338 e. The zero-order valence-corrected chi connectivity index (χ0v) is 8.75. The van der Waals surface area contributed by atoms with Crippen molar-refractivity contribution in [2.45, 2.75) is 25.8 Å². The molecule has 2 saturated heterocycles. The average molecular weight is 197 g/mol. The Morgan fingerprint density at radius 2 is 2.43 bits per heavy atom. The Labute approximate surface area is 85.0 Å². The summed E-state index contributed by atoms with van der Waals surface area (Å²) in [5, 5.41) is 6.33. The average Bonchev–Trinajstić information content (AvgIpc) is 2.64. The highest BCUT2D eigenvalue weighted by molar-refractivity contribution is 5.75. The lowest BCUT2D eigenvalue weighted by Crippen LogP contribution is -2.53. The summed E-state index contributed by atoms with van der Waals surface area (Å²) in [5.74, 6) is 0.578. The Morgan fingerprint density at radius 3 is 3.14 bits per heavy atom. The van der Waals surface area contributed by atoms with Gasteiger partial charge in [-0.15, -0.1) is 0 Å². The number of amides is 2. The lowest BCUT2D eigenvalue weighted by atomic mass is 10.1. The second-order valence-electron chi connectivity index (χ2n) is 4.49. The van der Waals surface area contributed by atoms with E-state index in [4.69, 9.17) is 0 Å². The summed E-state index contributed by atoms with van der Waals surface area (Å²) < 4.78 is 0. The first-order chi connectivity index (χ1) is 6.75. The van der Waals surface area contributed by atoms with Gasteiger partial charge in [0.15, 0.2) is 0 Å². The number of rotatable bonds is 2. The van der Waals surface area contributed by atoms with Crippen molar-refractivity contribution in [2.75, 3.05) is 26.2 Å². The summed E-state index contributed by atoms with van der Waals surface area (Å²) in [4.78, 5) is 13.5. The topological polar surface area (TPSA) is 44.4 Å². The molecule has 0 aromatic carbocycles. The van der Waals surface area contributed by atoms with E-state index in [1.165, 1.54) is 12.8 Å². The Morgan fingerprint density at radius 1 is 1.57 bits per heavy atom. The molecule has 0 bridgehead atoms. The van der Waals surface area contributed by atoms with Gasteiger partial charge in [-0.05, 0) is 25.3 Å². The van der Waals surface area contributed by atoms with Gasteiger partial charge in [-0.1, -0.05) is 6.92 Å². The van der Waals surface area contributed by atoms with Crippen LogP contribution in [0.15, 0.2) is 0 Å². The van der Waals surface area contributed by atoms with Gasteiger partial charge in [-0.3, -0.25) is 0 Å². The van der Waals surface area contributed by atoms with Crippen molar-refractivity contribution in [2.24, 2.45) is 5.92 Å². The van der Waals surface area contributed by atoms with Crippen LogP contribution in [-0.4, -0.2) is 43.2 Å². The molecule has 0 aliphatic carbocycles. The van der Waals surface area contributed by atoms with E-state index in [0.29, 0.717) is 12.0 Å². The normalized spacial score (nSPS) is 33.2. The fourth-order valence-corrected chi connectivity index (χ4v) is 2.23. The molecule has 80 valence electrons. The number of carbonyl (C=O) groups excluding carboxylic acids is 1. The molecule has 2 amide bonds. The first-order valence-corrected chi connectivity index (χ1v) is 5.52. The van der Waals surface area contributed by atoms with Crippen LogP contribution in [0.5, 0.6) is 0 Å². The van der Waals surface area contributed by atoms with E-state index in [0.717, 1.165) is 26.2 Å². The summed E-state index contributed by atoms with van der Waals surface area (Å²) in [5.41, 5.74) is 0. The number of carbonyl (C=O) groups is 1. The second-order valence-corrected chi connectivity index (χ2v) is 4.49. The Kier molecular flexibility index (Phi) is 2.91. The standard InChI is InChI=1S/C10H19N3O/c1-8-5-12-10(14)13(6-8)7-9-3-2-4-11-9/h8-9,11H,2-7H2,1H3,(H,12,14). The van der Waals surface area contributed by atoms with Crippen LogP contribution in [0, 0.1) is 5.92 Å². The molecule has 2 N–H and O–H groups in total. The second kappa shape index (κ2) is 4.17. The van der Waals surface area contributed by atoms with E-state index in [9.17, 15) is 4.79 Å². The summed E-state index contributed by atoms with van der Waals surface area (Å²) in [6, 6.07) is 0.628. The van der Waals surface area contributed by atoms with E-state index >= 15 is 0 Å². The lowest BCUT2D eigenvalue weighted by Gasteiger charge is -2.33. The van der Waals surface area contributed by atoms with E-state index in [-0.39, 0.29) is 6.03 Å². The summed E-state index contributed by atoms with van der Waals surface area (Å²) >= 11 is 0. The number of hydrogen-bond donors (Lipinski definition) is 2. The first-order valence-electron chi connectivity index (χ1n) is 5.52. The Hall–Kier alpha value is -0.770. The lowest BCUT2D eigenvalue weighted by molar-refractivity contribution is 0.165. The zero-order chi connectivity index (χ0) is 9.97. The smallest absolute Gasteiger partial charge is 0.317 e. The summed E-state index contributed by atoms with van der Waals surface area (Å²) in [6.07, 6.45) is 2.45. The maximum atomic E-state index is 11.5. The predicted molar refractivity (Wildman–Crippen MR) is 55.2 cm³/mol. The monoisotopic (exact) mass is 197 g/mol. The van der Waals surface area contributed by atoms with Crippen molar-refractivity contribution in [1.82, 2.24) is 15.5 Å². The van der Waals surface area contributed by atoms with Crippen LogP contribution >= 0.6 is 0 Å². The minimum absolute atomic E-state index is 0.108. The molecular formula is C10H19N3O. The van der Waals surface area contributed by atoms with Crippen LogP contribution < -0.4 is 10.6 Å². The molecule has 4 nitrogen and oxygen atoms in total. The first kappa shape index (κ1) is 9.77. The van der Waals surface area contributed by atoms with Crippen molar-refractivity contribution in [3.05, 3.63) is 0 Å². The SMILES string of the molecule is CC1CNC(=O)N(CC2CCCN2)C1. The third-order valence-electron chi connectivity index (χ3n) is 3.02. The van der Waals surface area contributed by atoms with Crippen molar-refractivity contribution in [1.29, 1.82) is 0 Å². The Balaban J connectivity index is 1.85. The molecule has 2 aliphatic heterocycles. The van der Waals surface area contributed by atoms with Gasteiger partial charge in [0.2, 0.25) is 0 Å². The van der Waals surface area contributed by atoms with E-state index in [1.807, 2.05) is 4.90 Å². The number of nitrogens with zero attached hydrogens (tertiary/aromatic N) is 1. The molecule has 2 heterocycles. The predicted octanol–water partition coefficient (Wildman–Crippen LogP) is 0.400. The molecule has 2 aliphatic rings. The molecule has 14 heavy (non-hydrogen) atoms. The number of urea groups is 1. The molecule has 0 aromatic heterocycles. The maximum absolute atomic E-state index is 11.5. The van der Waals surface area contributed by atoms with Gasteiger partial charge in [0.05, 0.1) is 0 Å². The van der Waals surface area contributed by atoms with E-state index in [2.05, 4.69) is 17.6 Å². The molecular weight excluding hydrogens is 178 g/mol. The van der Waals surface area contributed by atoms with Crippen molar-refractivity contribution in [3.63, 3.8) is 0 Å². The minimum Gasteiger partial charge on any atom is -0.338 e. The van der Waals surface area contributed by atoms with E-state index < -0.39 is 0 Å². The van der Waals surface area contributed by atoms with Gasteiger partial charge in [0, 0.05) is 25.7 Å². The van der Waals surface area contributed by atoms with Crippen LogP contribution in [0.1, 0.15) is 19.8 Å². The molecule has 2 rings (SSSR count). The quantitative estimate of drug-likeness (QED) is 0.673. The fraction of sp³-hybridized carbons (Fsp3) is 0.900. The fourth-order valence-electron chi connectivity index (χ4n) is 2.23. The van der Waals surface area contributed by atoms with Gasteiger partial charge in [0.25, 0.3) is 0 Å². The highest BCUT2D eigenvalue weighted by Crippen LogP contribution is 2.11. The van der Waals surface area contributed by atoms with Gasteiger partial charge in [-0.25, -0.2) is 4.79 Å². The molecule has 2 atom stereocenters. The van der Waals surface area contributed by atoms with Gasteiger partial charge < -0.3 is 15.5 Å². The molecule has 0 spiro atoms. The number of hydrogen-bond acceptors (Lipinski definition) is 2. The van der Waals surface area contributed by atoms with Crippen LogP contribution in [0.4, 0.5) is 4.79 Å². The van der Waals surface area contributed by atoms with Gasteiger partial charge in [0.1, 0.15) is 0 Å². The summed E-state index contributed by atoms with van der Waals surface area (Å²) in [6.45, 7) is 5.89. The molecule has 2 fully saturated rings. The third kappa shape index (κ3) is 2.18. The van der Waals surface area contributed by atoms with Crippen LogP contribution in [0.2, 0.25) is 0 Å². The Bertz CT molecular complexity index is 213. The van der Waals surface area contributed by atoms with E-state index in [1.54, 1.807) is 0 Å². The highest BCUT2D eigenvalue weighted by Gasteiger charge is 2.25. The molecule has 0 radical (unpaired) electrons.